The van der Waals surface area contributed by atoms with Gasteiger partial charge in [-0.25, -0.2) is 0 Å². The zero-order valence-corrected chi connectivity index (χ0v) is 9.71. The first-order chi connectivity index (χ1) is 7.68. The van der Waals surface area contributed by atoms with E-state index in [1.54, 1.807) is 0 Å². The van der Waals surface area contributed by atoms with E-state index in [-0.39, 0.29) is 12.0 Å². The lowest BCUT2D eigenvalue weighted by Crippen LogP contribution is -2.41. The van der Waals surface area contributed by atoms with Gasteiger partial charge in [0.1, 0.15) is 0 Å². The fraction of sp³-hybridized carbons (Fsp3) is 0.917. The Morgan fingerprint density at radius 1 is 1.38 bits per heavy atom. The number of hydrogen-bond acceptors (Lipinski definition) is 3. The summed E-state index contributed by atoms with van der Waals surface area (Å²) < 4.78 is 5.40. The topological polar surface area (TPSA) is 58.6 Å². The van der Waals surface area contributed by atoms with Gasteiger partial charge in [0.25, 0.3) is 0 Å². The van der Waals surface area contributed by atoms with E-state index >= 15 is 0 Å². The number of carbonyl (C=O) groups is 1. The average molecular weight is 227 g/mol. The minimum absolute atomic E-state index is 0.00669. The van der Waals surface area contributed by atoms with Crippen LogP contribution in [0.2, 0.25) is 0 Å². The lowest BCUT2D eigenvalue weighted by molar-refractivity contribution is -0.124. The molecule has 4 heteroatoms. The van der Waals surface area contributed by atoms with Crippen molar-refractivity contribution < 1.29 is 14.6 Å². The maximum absolute atomic E-state index is 11.6. The van der Waals surface area contributed by atoms with Gasteiger partial charge in [0.15, 0.2) is 0 Å². The summed E-state index contributed by atoms with van der Waals surface area (Å²) in [5.74, 6) is 0.00669. The van der Waals surface area contributed by atoms with Gasteiger partial charge in [-0.3, -0.25) is 4.79 Å². The van der Waals surface area contributed by atoms with E-state index in [2.05, 4.69) is 5.32 Å². The van der Waals surface area contributed by atoms with Crippen molar-refractivity contribution in [1.29, 1.82) is 0 Å². The number of rotatable bonds is 4. The zero-order valence-electron chi connectivity index (χ0n) is 9.71. The first-order valence-corrected chi connectivity index (χ1v) is 6.29. The van der Waals surface area contributed by atoms with Crippen LogP contribution in [-0.4, -0.2) is 35.9 Å². The van der Waals surface area contributed by atoms with Crippen LogP contribution in [0.1, 0.15) is 44.9 Å². The van der Waals surface area contributed by atoms with Gasteiger partial charge >= 0.3 is 0 Å². The van der Waals surface area contributed by atoms with Crippen LogP contribution in [0.5, 0.6) is 0 Å². The Bertz CT molecular complexity index is 243. The van der Waals surface area contributed by atoms with Crippen LogP contribution in [0.15, 0.2) is 0 Å². The van der Waals surface area contributed by atoms with Crippen molar-refractivity contribution in [2.24, 2.45) is 0 Å². The minimum Gasteiger partial charge on any atom is -0.388 e. The van der Waals surface area contributed by atoms with Crippen molar-refractivity contribution in [3.8, 4) is 0 Å². The van der Waals surface area contributed by atoms with E-state index in [1.807, 2.05) is 0 Å². The Morgan fingerprint density at radius 2 is 2.12 bits per heavy atom. The van der Waals surface area contributed by atoms with Gasteiger partial charge in [0, 0.05) is 13.2 Å². The molecule has 1 saturated carbocycles. The molecule has 0 aromatic rings. The molecule has 2 fully saturated rings. The highest BCUT2D eigenvalue weighted by Gasteiger charge is 2.31. The van der Waals surface area contributed by atoms with E-state index in [0.29, 0.717) is 13.0 Å². The third-order valence-electron chi connectivity index (χ3n) is 3.59. The first kappa shape index (κ1) is 11.9. The van der Waals surface area contributed by atoms with Crippen molar-refractivity contribution in [3.63, 3.8) is 0 Å². The molecular formula is C12H21NO3. The number of nitrogens with one attached hydrogen (secondary N) is 1. The molecule has 2 N–H and O–H groups in total. The van der Waals surface area contributed by atoms with E-state index in [0.717, 1.165) is 45.1 Å². The molecule has 1 saturated heterocycles. The fourth-order valence-corrected chi connectivity index (χ4v) is 2.56. The van der Waals surface area contributed by atoms with Crippen molar-refractivity contribution in [1.82, 2.24) is 5.32 Å². The van der Waals surface area contributed by atoms with Crippen molar-refractivity contribution in [3.05, 3.63) is 0 Å². The highest BCUT2D eigenvalue weighted by molar-refractivity contribution is 5.76. The predicted octanol–water partition coefficient (Wildman–Crippen LogP) is 0.977. The van der Waals surface area contributed by atoms with Crippen LogP contribution in [0.25, 0.3) is 0 Å². The minimum atomic E-state index is -0.647. The molecule has 1 aliphatic heterocycles. The molecule has 2 rings (SSSR count). The van der Waals surface area contributed by atoms with Crippen LogP contribution in [0, 0.1) is 0 Å². The lowest BCUT2D eigenvalue weighted by atomic mass is 10.0. The molecule has 1 aliphatic carbocycles. The third kappa shape index (κ3) is 3.19. The largest absolute Gasteiger partial charge is 0.388 e. The van der Waals surface area contributed by atoms with Crippen LogP contribution < -0.4 is 5.32 Å². The van der Waals surface area contributed by atoms with Gasteiger partial charge in [-0.05, 0) is 25.7 Å². The van der Waals surface area contributed by atoms with Gasteiger partial charge in [-0.2, -0.15) is 0 Å². The normalized spacial score (nSPS) is 28.2. The summed E-state index contributed by atoms with van der Waals surface area (Å²) in [4.78, 5) is 11.6. The van der Waals surface area contributed by atoms with Crippen molar-refractivity contribution in [2.45, 2.75) is 56.7 Å². The summed E-state index contributed by atoms with van der Waals surface area (Å²) in [5, 5.41) is 12.9. The summed E-state index contributed by atoms with van der Waals surface area (Å²) in [5.41, 5.74) is -0.647. The number of hydrogen-bond donors (Lipinski definition) is 2. The summed E-state index contributed by atoms with van der Waals surface area (Å²) in [6, 6.07) is 0. The Labute approximate surface area is 96.4 Å². The van der Waals surface area contributed by atoms with Crippen molar-refractivity contribution >= 4 is 5.91 Å². The Balaban J connectivity index is 1.66. The third-order valence-corrected chi connectivity index (χ3v) is 3.59. The van der Waals surface area contributed by atoms with Crippen LogP contribution >= 0.6 is 0 Å². The highest BCUT2D eigenvalue weighted by Crippen LogP contribution is 2.28. The number of ether oxygens (including phenoxy) is 1. The Kier molecular flexibility index (Phi) is 3.82. The van der Waals surface area contributed by atoms with Crippen LogP contribution in [-0.2, 0) is 9.53 Å². The van der Waals surface area contributed by atoms with E-state index < -0.39 is 5.60 Å². The first-order valence-electron chi connectivity index (χ1n) is 6.29. The van der Waals surface area contributed by atoms with Crippen LogP contribution in [0.3, 0.4) is 0 Å². The second-order valence-corrected chi connectivity index (χ2v) is 5.05. The molecule has 92 valence electrons. The molecule has 1 amide bonds. The second kappa shape index (κ2) is 5.15. The lowest BCUT2D eigenvalue weighted by Gasteiger charge is -2.22. The summed E-state index contributed by atoms with van der Waals surface area (Å²) in [7, 11) is 0. The van der Waals surface area contributed by atoms with Gasteiger partial charge in [-0.15, -0.1) is 0 Å². The molecular weight excluding hydrogens is 206 g/mol. The summed E-state index contributed by atoms with van der Waals surface area (Å²) in [6.45, 7) is 1.18. The molecule has 1 atom stereocenters. The number of amides is 1. The van der Waals surface area contributed by atoms with Crippen molar-refractivity contribution in [2.75, 3.05) is 13.2 Å². The molecule has 0 spiro atoms. The quantitative estimate of drug-likeness (QED) is 0.752. The van der Waals surface area contributed by atoms with E-state index in [9.17, 15) is 9.90 Å². The average Bonchev–Trinajstić information content (AvgIpc) is 2.88. The standard InChI is InChI=1S/C12H21NO3/c14-11(8-10-4-3-7-16-10)13-9-12(15)5-1-2-6-12/h10,15H,1-9H2,(H,13,14). The zero-order chi connectivity index (χ0) is 11.4. The maximum Gasteiger partial charge on any atom is 0.222 e. The second-order valence-electron chi connectivity index (χ2n) is 5.05. The molecule has 0 radical (unpaired) electrons. The monoisotopic (exact) mass is 227 g/mol. The Hall–Kier alpha value is -0.610. The molecule has 2 aliphatic rings. The van der Waals surface area contributed by atoms with Gasteiger partial charge < -0.3 is 15.2 Å². The smallest absolute Gasteiger partial charge is 0.222 e. The fourth-order valence-electron chi connectivity index (χ4n) is 2.56. The van der Waals surface area contributed by atoms with Gasteiger partial charge in [0.2, 0.25) is 5.91 Å². The molecule has 16 heavy (non-hydrogen) atoms. The molecule has 0 aromatic carbocycles. The predicted molar refractivity (Wildman–Crippen MR) is 60.0 cm³/mol. The summed E-state index contributed by atoms with van der Waals surface area (Å²) >= 11 is 0. The van der Waals surface area contributed by atoms with E-state index in [4.69, 9.17) is 4.74 Å². The Morgan fingerprint density at radius 3 is 2.75 bits per heavy atom. The molecule has 1 unspecified atom stereocenters. The van der Waals surface area contributed by atoms with E-state index in [1.165, 1.54) is 0 Å². The molecule has 0 bridgehead atoms. The molecule has 1 heterocycles. The number of aliphatic hydroxyl groups is 1. The SMILES string of the molecule is O=C(CC1CCCO1)NCC1(O)CCCC1. The molecule has 4 nitrogen and oxygen atoms in total. The van der Waals surface area contributed by atoms with Gasteiger partial charge in [-0.1, -0.05) is 12.8 Å². The maximum atomic E-state index is 11.6. The highest BCUT2D eigenvalue weighted by atomic mass is 16.5. The van der Waals surface area contributed by atoms with Gasteiger partial charge in [0.05, 0.1) is 18.1 Å². The number of carbonyl (C=O) groups excluding carboxylic acids is 1. The van der Waals surface area contributed by atoms with Crippen LogP contribution in [0.4, 0.5) is 0 Å². The molecule has 0 aromatic heterocycles. The summed E-state index contributed by atoms with van der Waals surface area (Å²) in [6.07, 6.45) is 6.34.